The van der Waals surface area contributed by atoms with Crippen molar-refractivity contribution in [2.75, 3.05) is 0 Å². The van der Waals surface area contributed by atoms with Crippen LogP contribution in [-0.2, 0) is 0 Å². The number of aryl methyl sites for hydroxylation is 1. The number of hydrogen-bond acceptors (Lipinski definition) is 2. The Morgan fingerprint density at radius 1 is 1.71 bits per heavy atom. The molecule has 1 aliphatic rings. The maximum absolute atomic E-state index is 13.1. The van der Waals surface area contributed by atoms with Gasteiger partial charge in [0.25, 0.3) is 0 Å². The van der Waals surface area contributed by atoms with Crippen molar-refractivity contribution in [1.82, 2.24) is 4.98 Å². The first-order valence-corrected chi connectivity index (χ1v) is 4.86. The molecule has 1 aromatic rings. The van der Waals surface area contributed by atoms with Gasteiger partial charge in [-0.1, -0.05) is 6.92 Å². The van der Waals surface area contributed by atoms with E-state index in [1.807, 2.05) is 19.9 Å². The van der Waals surface area contributed by atoms with Gasteiger partial charge in [0.15, 0.2) is 0 Å². The van der Waals surface area contributed by atoms with Crippen molar-refractivity contribution < 1.29 is 4.39 Å². The number of nitrogens with two attached hydrogens (primary N) is 1. The first-order valence-electron chi connectivity index (χ1n) is 4.86. The highest BCUT2D eigenvalue weighted by molar-refractivity contribution is 5.29. The fourth-order valence-electron chi connectivity index (χ4n) is 1.81. The molecular weight excluding hydrogens is 179 g/mol. The molecule has 0 amide bonds. The van der Waals surface area contributed by atoms with Crippen molar-refractivity contribution in [3.63, 3.8) is 0 Å². The van der Waals surface area contributed by atoms with E-state index < -0.39 is 6.17 Å². The molecule has 1 heterocycles. The van der Waals surface area contributed by atoms with Crippen LogP contribution in [0.2, 0.25) is 0 Å². The highest BCUT2D eigenvalue weighted by Crippen LogP contribution is 2.55. The molecule has 14 heavy (non-hydrogen) atoms. The second kappa shape index (κ2) is 3.02. The molecule has 2 nitrogen and oxygen atoms in total. The maximum Gasteiger partial charge on any atom is 0.108 e. The average molecular weight is 194 g/mol. The first-order chi connectivity index (χ1) is 6.55. The maximum atomic E-state index is 13.1. The number of rotatable bonds is 2. The Balaban J connectivity index is 2.28. The molecule has 0 bridgehead atoms. The van der Waals surface area contributed by atoms with Crippen molar-refractivity contribution in [2.24, 2.45) is 11.1 Å². The van der Waals surface area contributed by atoms with Gasteiger partial charge in [-0.25, -0.2) is 4.39 Å². The van der Waals surface area contributed by atoms with E-state index in [9.17, 15) is 4.39 Å². The van der Waals surface area contributed by atoms with E-state index in [4.69, 9.17) is 5.73 Å². The Morgan fingerprint density at radius 2 is 2.36 bits per heavy atom. The number of hydrogen-bond donors (Lipinski definition) is 1. The zero-order valence-electron chi connectivity index (χ0n) is 8.50. The quantitative estimate of drug-likeness (QED) is 0.783. The number of aromatic nitrogens is 1. The summed E-state index contributed by atoms with van der Waals surface area (Å²) in [7, 11) is 0. The number of nitrogens with zero attached hydrogens (tertiary/aromatic N) is 1. The molecular formula is C11H15FN2. The van der Waals surface area contributed by atoms with E-state index in [0.717, 1.165) is 11.1 Å². The van der Waals surface area contributed by atoms with Gasteiger partial charge < -0.3 is 5.73 Å². The van der Waals surface area contributed by atoms with Gasteiger partial charge in [-0.3, -0.25) is 4.98 Å². The van der Waals surface area contributed by atoms with Gasteiger partial charge in [-0.2, -0.15) is 0 Å². The van der Waals surface area contributed by atoms with Crippen molar-refractivity contribution in [2.45, 2.75) is 32.5 Å². The largest absolute Gasteiger partial charge is 0.323 e. The van der Waals surface area contributed by atoms with Gasteiger partial charge in [0, 0.05) is 23.9 Å². The summed E-state index contributed by atoms with van der Waals surface area (Å²) < 4.78 is 13.1. The van der Waals surface area contributed by atoms with Gasteiger partial charge in [-0.05, 0) is 30.5 Å². The monoisotopic (exact) mass is 194 g/mol. The Hall–Kier alpha value is -0.960. The fourth-order valence-corrected chi connectivity index (χ4v) is 1.81. The van der Waals surface area contributed by atoms with Crippen LogP contribution in [0, 0.1) is 12.3 Å². The van der Waals surface area contributed by atoms with Gasteiger partial charge in [-0.15, -0.1) is 0 Å². The molecule has 76 valence electrons. The summed E-state index contributed by atoms with van der Waals surface area (Å²) in [6, 6.07) is 1.68. The summed E-state index contributed by atoms with van der Waals surface area (Å²) in [4.78, 5) is 4.03. The zero-order chi connectivity index (χ0) is 10.3. The van der Waals surface area contributed by atoms with Crippen molar-refractivity contribution in [3.8, 4) is 0 Å². The molecule has 3 unspecified atom stereocenters. The van der Waals surface area contributed by atoms with Crippen LogP contribution in [0.1, 0.15) is 30.5 Å². The lowest BCUT2D eigenvalue weighted by molar-refractivity contribution is 0.331. The lowest BCUT2D eigenvalue weighted by atomic mass is 9.91. The van der Waals surface area contributed by atoms with E-state index in [-0.39, 0.29) is 11.5 Å². The van der Waals surface area contributed by atoms with Gasteiger partial charge in [0.2, 0.25) is 0 Å². The topological polar surface area (TPSA) is 38.9 Å². The lowest BCUT2D eigenvalue weighted by Crippen LogP contribution is -2.23. The number of pyridine rings is 1. The lowest BCUT2D eigenvalue weighted by Gasteiger charge is -2.20. The third kappa shape index (κ3) is 1.32. The Bertz CT molecular complexity index is 353. The molecule has 1 fully saturated rings. The smallest absolute Gasteiger partial charge is 0.108 e. The predicted molar refractivity (Wildman–Crippen MR) is 53.5 cm³/mol. The summed E-state index contributed by atoms with van der Waals surface area (Å²) in [5, 5.41) is 0. The molecule has 0 aliphatic heterocycles. The van der Waals surface area contributed by atoms with E-state index in [2.05, 4.69) is 4.98 Å². The summed E-state index contributed by atoms with van der Waals surface area (Å²) >= 11 is 0. The second-order valence-corrected chi connectivity index (χ2v) is 4.39. The van der Waals surface area contributed by atoms with Crippen molar-refractivity contribution in [3.05, 3.63) is 29.6 Å². The number of alkyl halides is 1. The van der Waals surface area contributed by atoms with Crippen LogP contribution in [0.3, 0.4) is 0 Å². The molecule has 0 aromatic carbocycles. The highest BCUT2D eigenvalue weighted by atomic mass is 19.1. The van der Waals surface area contributed by atoms with Crippen LogP contribution in [0.15, 0.2) is 18.5 Å². The van der Waals surface area contributed by atoms with Crippen LogP contribution >= 0.6 is 0 Å². The Kier molecular flexibility index (Phi) is 2.07. The molecule has 0 saturated heterocycles. The molecule has 2 N–H and O–H groups in total. The zero-order valence-corrected chi connectivity index (χ0v) is 8.50. The molecule has 0 radical (unpaired) electrons. The second-order valence-electron chi connectivity index (χ2n) is 4.39. The molecule has 3 heteroatoms. The summed E-state index contributed by atoms with van der Waals surface area (Å²) in [6.45, 7) is 3.88. The Labute approximate surface area is 83.3 Å². The Morgan fingerprint density at radius 3 is 2.86 bits per heavy atom. The molecule has 3 atom stereocenters. The van der Waals surface area contributed by atoms with Crippen LogP contribution in [0.25, 0.3) is 0 Å². The van der Waals surface area contributed by atoms with Gasteiger partial charge in [0.05, 0.1) is 0 Å². The standard InChI is InChI=1S/C11H15FN2/c1-7-3-4-14-6-8(7)10(13)11(2)5-9(11)12/h3-4,6,9-10H,5,13H2,1-2H3. The van der Waals surface area contributed by atoms with E-state index in [1.54, 1.807) is 12.4 Å². The van der Waals surface area contributed by atoms with Crippen molar-refractivity contribution in [1.29, 1.82) is 0 Å². The molecule has 1 aliphatic carbocycles. The molecule has 1 saturated carbocycles. The molecule has 0 spiro atoms. The summed E-state index contributed by atoms with van der Waals surface area (Å²) in [5.74, 6) is 0. The van der Waals surface area contributed by atoms with Crippen LogP contribution in [0.5, 0.6) is 0 Å². The summed E-state index contributed by atoms with van der Waals surface area (Å²) in [6.07, 6.45) is 3.30. The van der Waals surface area contributed by atoms with E-state index in [0.29, 0.717) is 6.42 Å². The summed E-state index contributed by atoms with van der Waals surface area (Å²) in [5.41, 5.74) is 7.74. The predicted octanol–water partition coefficient (Wildman–Crippen LogP) is 2.14. The van der Waals surface area contributed by atoms with Crippen LogP contribution in [-0.4, -0.2) is 11.2 Å². The SMILES string of the molecule is Cc1ccncc1C(N)C1(C)CC1F. The first kappa shape index (κ1) is 9.59. The van der Waals surface area contributed by atoms with Crippen LogP contribution < -0.4 is 5.73 Å². The number of halogens is 1. The van der Waals surface area contributed by atoms with Gasteiger partial charge >= 0.3 is 0 Å². The average Bonchev–Trinajstić information content (AvgIpc) is 2.76. The normalized spacial score (nSPS) is 32.7. The van der Waals surface area contributed by atoms with Gasteiger partial charge in [0.1, 0.15) is 6.17 Å². The van der Waals surface area contributed by atoms with Crippen molar-refractivity contribution >= 4 is 0 Å². The van der Waals surface area contributed by atoms with Crippen LogP contribution in [0.4, 0.5) is 4.39 Å². The van der Waals surface area contributed by atoms with E-state index >= 15 is 0 Å². The molecule has 1 aromatic heterocycles. The highest BCUT2D eigenvalue weighted by Gasteiger charge is 2.55. The minimum absolute atomic E-state index is 0.230. The third-order valence-corrected chi connectivity index (χ3v) is 3.30. The minimum atomic E-state index is -0.753. The fraction of sp³-hybridized carbons (Fsp3) is 0.545. The third-order valence-electron chi connectivity index (χ3n) is 3.30. The molecule has 2 rings (SSSR count). The van der Waals surface area contributed by atoms with E-state index in [1.165, 1.54) is 0 Å². The minimum Gasteiger partial charge on any atom is -0.323 e.